The number of nitrogens with one attached hydrogen (secondary N) is 1. The van der Waals surface area contributed by atoms with Gasteiger partial charge in [0.2, 0.25) is 0 Å². The second kappa shape index (κ2) is 5.94. The monoisotopic (exact) mass is 201 g/mol. The molecule has 1 heterocycles. The van der Waals surface area contributed by atoms with E-state index in [1.807, 2.05) is 13.5 Å². The van der Waals surface area contributed by atoms with E-state index in [2.05, 4.69) is 37.8 Å². The summed E-state index contributed by atoms with van der Waals surface area (Å²) in [5.74, 6) is 0. The Morgan fingerprint density at radius 3 is 2.40 bits per heavy atom. The topological polar surface area (TPSA) is 41.3 Å². The van der Waals surface area contributed by atoms with Gasteiger partial charge in [0, 0.05) is 0 Å². The van der Waals surface area contributed by atoms with Crippen molar-refractivity contribution in [3.8, 4) is 0 Å². The first kappa shape index (κ1) is 12.3. The Morgan fingerprint density at radius 1 is 1.20 bits per heavy atom. The number of anilines is 3. The minimum atomic E-state index is 0.821. The molecule has 0 unspecified atom stereocenters. The second-order valence-electron chi connectivity index (χ2n) is 3.44. The summed E-state index contributed by atoms with van der Waals surface area (Å²) in [5, 5.41) is 3.33. The number of hydrogen-bond acceptors (Lipinski definition) is 3. The molecule has 0 amide bonds. The van der Waals surface area contributed by atoms with Crippen LogP contribution in [0.3, 0.4) is 0 Å². The van der Waals surface area contributed by atoms with Crippen LogP contribution in [0.15, 0.2) is 0 Å². The molecule has 78 valence electrons. The van der Waals surface area contributed by atoms with Gasteiger partial charge >= 0.3 is 93.5 Å². The molecule has 0 saturated carbocycles. The van der Waals surface area contributed by atoms with Crippen molar-refractivity contribution in [3.63, 3.8) is 0 Å². The fourth-order valence-corrected chi connectivity index (χ4v) is 1.75. The molecule has 15 heavy (non-hydrogen) atoms. The van der Waals surface area contributed by atoms with Crippen molar-refractivity contribution in [3.05, 3.63) is 0 Å². The zero-order chi connectivity index (χ0) is 11.3. The summed E-state index contributed by atoms with van der Waals surface area (Å²) in [6, 6.07) is 0. The van der Waals surface area contributed by atoms with E-state index in [4.69, 9.17) is 5.73 Å². The standard InChI is InChI=1S/C9H18B3N3/c1-4-14-7-8(13)10-12-11-9(7)15(5-2)6-3/h14H,4-6,13H2,1-3H3. The first-order valence-electron chi connectivity index (χ1n) is 5.61. The minimum absolute atomic E-state index is 0.821. The van der Waals surface area contributed by atoms with Crippen molar-refractivity contribution in [1.29, 1.82) is 0 Å². The van der Waals surface area contributed by atoms with E-state index >= 15 is 0 Å². The van der Waals surface area contributed by atoms with Crippen molar-refractivity contribution in [1.82, 2.24) is 0 Å². The molecule has 0 aliphatic heterocycles. The SMILES string of the molecule is CCNc1c(N)bbbc1N(CC)CC. The van der Waals surface area contributed by atoms with Crippen molar-refractivity contribution < 1.29 is 0 Å². The predicted octanol–water partition coefficient (Wildman–Crippen LogP) is 0.561. The number of nitrogens with two attached hydrogens (primary N) is 1. The van der Waals surface area contributed by atoms with E-state index in [9.17, 15) is 0 Å². The van der Waals surface area contributed by atoms with Crippen molar-refractivity contribution in [2.24, 2.45) is 0 Å². The zero-order valence-electron chi connectivity index (χ0n) is 9.88. The van der Waals surface area contributed by atoms with Crippen molar-refractivity contribution in [2.45, 2.75) is 20.8 Å². The summed E-state index contributed by atoms with van der Waals surface area (Å²) in [4.78, 5) is 2.30. The summed E-state index contributed by atoms with van der Waals surface area (Å²) in [7, 11) is 0. The Hall–Kier alpha value is -0.795. The molecule has 6 heteroatoms. The van der Waals surface area contributed by atoms with E-state index in [0.29, 0.717) is 0 Å². The molecule has 1 aromatic rings. The molecule has 3 nitrogen and oxygen atoms in total. The molecule has 0 bridgehead atoms. The van der Waals surface area contributed by atoms with Crippen LogP contribution in [0.2, 0.25) is 0 Å². The molecular formula is C9H18B3N3. The van der Waals surface area contributed by atoms with Gasteiger partial charge in [0.1, 0.15) is 0 Å². The molecule has 0 spiro atoms. The average molecular weight is 201 g/mol. The maximum absolute atomic E-state index is 5.97. The van der Waals surface area contributed by atoms with E-state index in [-0.39, 0.29) is 0 Å². The number of nitrogens with zero attached hydrogens (tertiary/aromatic N) is 1. The Bertz CT molecular complexity index is 315. The summed E-state index contributed by atoms with van der Waals surface area (Å²) < 4.78 is 0. The Balaban J connectivity index is 3.09. The third kappa shape index (κ3) is 2.83. The molecular weight excluding hydrogens is 183 g/mol. The van der Waals surface area contributed by atoms with Crippen LogP contribution < -0.4 is 16.0 Å². The molecule has 0 saturated heterocycles. The van der Waals surface area contributed by atoms with Gasteiger partial charge in [-0.1, -0.05) is 0 Å². The summed E-state index contributed by atoms with van der Waals surface area (Å²) in [6.45, 7) is 15.3. The van der Waals surface area contributed by atoms with E-state index in [1.165, 1.54) is 5.58 Å². The third-order valence-corrected chi connectivity index (χ3v) is 2.53. The van der Waals surface area contributed by atoms with Crippen LogP contribution >= 0.6 is 0 Å². The first-order chi connectivity index (χ1) is 7.24. The molecule has 3 N–H and O–H groups in total. The van der Waals surface area contributed by atoms with Gasteiger partial charge in [0.15, 0.2) is 0 Å². The maximum atomic E-state index is 5.97. The molecule has 0 aromatic carbocycles. The van der Waals surface area contributed by atoms with Gasteiger partial charge in [-0.2, -0.15) is 0 Å². The third-order valence-electron chi connectivity index (χ3n) is 2.53. The molecule has 0 aliphatic rings. The first-order valence-corrected chi connectivity index (χ1v) is 5.61. The quantitative estimate of drug-likeness (QED) is 0.730. The summed E-state index contributed by atoms with van der Waals surface area (Å²) in [5.41, 5.74) is 9.04. The second-order valence-corrected chi connectivity index (χ2v) is 3.44. The van der Waals surface area contributed by atoms with E-state index < -0.39 is 0 Å². The van der Waals surface area contributed by atoms with Crippen LogP contribution in [0, 0.1) is 0 Å². The Kier molecular flexibility index (Phi) is 4.86. The molecule has 0 aliphatic carbocycles. The summed E-state index contributed by atoms with van der Waals surface area (Å²) in [6.07, 6.45) is 0. The van der Waals surface area contributed by atoms with Crippen LogP contribution in [0.1, 0.15) is 20.8 Å². The van der Waals surface area contributed by atoms with Gasteiger partial charge < -0.3 is 0 Å². The van der Waals surface area contributed by atoms with Crippen LogP contribution in [-0.2, 0) is 0 Å². The van der Waals surface area contributed by atoms with E-state index in [1.54, 1.807) is 0 Å². The van der Waals surface area contributed by atoms with Gasteiger partial charge in [0.25, 0.3) is 0 Å². The summed E-state index contributed by atoms with van der Waals surface area (Å²) >= 11 is 0. The fourth-order valence-electron chi connectivity index (χ4n) is 1.75. The van der Waals surface area contributed by atoms with Gasteiger partial charge in [-0.3, -0.25) is 0 Å². The van der Waals surface area contributed by atoms with Gasteiger partial charge in [-0.25, -0.2) is 0 Å². The van der Waals surface area contributed by atoms with Crippen LogP contribution in [-0.4, -0.2) is 39.9 Å². The number of nitrogen functional groups attached to an aromatic ring is 1. The fraction of sp³-hybridized carbons (Fsp3) is 0.667. The van der Waals surface area contributed by atoms with Crippen LogP contribution in [0.25, 0.3) is 0 Å². The average Bonchev–Trinajstić information content (AvgIpc) is 2.24. The molecule has 0 radical (unpaired) electrons. The Labute approximate surface area is 94.0 Å². The molecule has 0 atom stereocenters. The molecule has 1 aromatic heterocycles. The normalized spacial score (nSPS) is 9.27. The van der Waals surface area contributed by atoms with Crippen molar-refractivity contribution in [2.75, 3.05) is 35.6 Å². The van der Waals surface area contributed by atoms with Gasteiger partial charge in [-0.05, 0) is 0 Å². The number of hydrogen-bond donors (Lipinski definition) is 2. The van der Waals surface area contributed by atoms with E-state index in [0.717, 1.165) is 30.9 Å². The number of rotatable bonds is 5. The van der Waals surface area contributed by atoms with Crippen LogP contribution in [0.5, 0.6) is 0 Å². The molecule has 1 rings (SSSR count). The van der Waals surface area contributed by atoms with Gasteiger partial charge in [-0.15, -0.1) is 0 Å². The molecule has 0 fully saturated rings. The van der Waals surface area contributed by atoms with Crippen molar-refractivity contribution >= 4 is 37.1 Å². The predicted molar refractivity (Wildman–Crippen MR) is 72.6 cm³/mol. The zero-order valence-corrected chi connectivity index (χ0v) is 9.88. The Morgan fingerprint density at radius 2 is 1.87 bits per heavy atom. The van der Waals surface area contributed by atoms with Crippen LogP contribution in [0.4, 0.5) is 16.9 Å². The van der Waals surface area contributed by atoms with Gasteiger partial charge in [0.05, 0.1) is 0 Å².